The largest absolute Gasteiger partial charge is 0.504 e. The summed E-state index contributed by atoms with van der Waals surface area (Å²) in [7, 11) is 0. The summed E-state index contributed by atoms with van der Waals surface area (Å²) < 4.78 is 5.06. The lowest BCUT2D eigenvalue weighted by Crippen LogP contribution is -2.07. The van der Waals surface area contributed by atoms with Crippen molar-refractivity contribution in [3.63, 3.8) is 0 Å². The molecule has 0 saturated heterocycles. The molecule has 3 N–H and O–H groups in total. The van der Waals surface area contributed by atoms with Crippen LogP contribution in [0.25, 0.3) is 0 Å². The molecule has 100 valence electrons. The highest BCUT2D eigenvalue weighted by Gasteiger charge is 2.09. The van der Waals surface area contributed by atoms with Crippen LogP contribution in [0.1, 0.15) is 45.4 Å². The summed E-state index contributed by atoms with van der Waals surface area (Å²) in [6, 6.07) is 4.42. The monoisotopic (exact) mass is 251 g/mol. The lowest BCUT2D eigenvalue weighted by atomic mass is 10.1. The maximum absolute atomic E-state index is 11.5. The number of benzene rings is 1. The molecule has 0 bridgehead atoms. The molecule has 0 fully saturated rings. The quantitative estimate of drug-likeness (QED) is 0.256. The van der Waals surface area contributed by atoms with Crippen molar-refractivity contribution in [2.75, 3.05) is 5.73 Å². The first-order chi connectivity index (χ1) is 8.63. The van der Waals surface area contributed by atoms with Crippen molar-refractivity contribution in [3.8, 4) is 11.5 Å². The van der Waals surface area contributed by atoms with Crippen LogP contribution in [0.5, 0.6) is 11.5 Å². The zero-order valence-corrected chi connectivity index (χ0v) is 10.8. The maximum Gasteiger partial charge on any atom is 0.311 e. The summed E-state index contributed by atoms with van der Waals surface area (Å²) in [4.78, 5) is 11.5. The minimum Gasteiger partial charge on any atom is -0.504 e. The van der Waals surface area contributed by atoms with Crippen molar-refractivity contribution in [2.24, 2.45) is 0 Å². The van der Waals surface area contributed by atoms with Crippen LogP contribution in [0.2, 0.25) is 0 Å². The molecule has 0 heterocycles. The van der Waals surface area contributed by atoms with E-state index in [4.69, 9.17) is 10.5 Å². The Balaban J connectivity index is 2.33. The lowest BCUT2D eigenvalue weighted by molar-refractivity contribution is -0.134. The molecule has 1 rings (SSSR count). The molecule has 1 aromatic rings. The Hall–Kier alpha value is -1.71. The average molecular weight is 251 g/mol. The number of carbonyl (C=O) groups excluding carboxylic acids is 1. The van der Waals surface area contributed by atoms with Crippen molar-refractivity contribution in [1.82, 2.24) is 0 Å². The zero-order chi connectivity index (χ0) is 13.4. The molecule has 1 aromatic carbocycles. The molecule has 0 aliphatic rings. The summed E-state index contributed by atoms with van der Waals surface area (Å²) in [5.74, 6) is -0.260. The van der Waals surface area contributed by atoms with E-state index in [0.717, 1.165) is 19.3 Å². The number of phenolic OH excluding ortho intramolecular Hbond substituents is 1. The second kappa shape index (κ2) is 7.58. The van der Waals surface area contributed by atoms with Gasteiger partial charge in [-0.25, -0.2) is 0 Å². The Bertz CT molecular complexity index is 391. The number of esters is 1. The molecule has 0 unspecified atom stereocenters. The SMILES string of the molecule is CCCCCCCC(=O)Oc1cc(N)ccc1O. The first kappa shape index (κ1) is 14.4. The third-order valence-electron chi connectivity index (χ3n) is 2.69. The highest BCUT2D eigenvalue weighted by atomic mass is 16.5. The van der Waals surface area contributed by atoms with Gasteiger partial charge in [-0.05, 0) is 18.6 Å². The highest BCUT2D eigenvalue weighted by molar-refractivity contribution is 5.73. The van der Waals surface area contributed by atoms with Gasteiger partial charge in [0.1, 0.15) is 0 Å². The van der Waals surface area contributed by atoms with E-state index in [1.807, 2.05) is 0 Å². The van der Waals surface area contributed by atoms with E-state index in [1.165, 1.54) is 25.0 Å². The van der Waals surface area contributed by atoms with Gasteiger partial charge in [0.2, 0.25) is 0 Å². The summed E-state index contributed by atoms with van der Waals surface area (Å²) in [6.07, 6.45) is 5.76. The van der Waals surface area contributed by atoms with Crippen LogP contribution in [0.15, 0.2) is 18.2 Å². The van der Waals surface area contributed by atoms with Gasteiger partial charge >= 0.3 is 5.97 Å². The van der Waals surface area contributed by atoms with E-state index in [0.29, 0.717) is 12.1 Å². The number of phenols is 1. The molecule has 18 heavy (non-hydrogen) atoms. The predicted molar refractivity (Wildman–Crippen MR) is 71.5 cm³/mol. The number of nitrogens with two attached hydrogens (primary N) is 1. The van der Waals surface area contributed by atoms with Gasteiger partial charge in [-0.3, -0.25) is 4.79 Å². The number of unbranched alkanes of at least 4 members (excludes halogenated alkanes) is 4. The van der Waals surface area contributed by atoms with Crippen molar-refractivity contribution >= 4 is 11.7 Å². The van der Waals surface area contributed by atoms with E-state index in [9.17, 15) is 9.90 Å². The Morgan fingerprint density at radius 2 is 2.00 bits per heavy atom. The normalized spacial score (nSPS) is 10.3. The molecular weight excluding hydrogens is 230 g/mol. The van der Waals surface area contributed by atoms with Gasteiger partial charge in [0.05, 0.1) is 0 Å². The van der Waals surface area contributed by atoms with Crippen LogP contribution >= 0.6 is 0 Å². The summed E-state index contributed by atoms with van der Waals surface area (Å²) in [6.45, 7) is 2.15. The van der Waals surface area contributed by atoms with Crippen molar-refractivity contribution in [3.05, 3.63) is 18.2 Å². The van der Waals surface area contributed by atoms with E-state index >= 15 is 0 Å². The number of nitrogen functional groups attached to an aromatic ring is 1. The molecule has 4 nitrogen and oxygen atoms in total. The van der Waals surface area contributed by atoms with Gasteiger partial charge < -0.3 is 15.6 Å². The van der Waals surface area contributed by atoms with Gasteiger partial charge in [-0.2, -0.15) is 0 Å². The molecule has 0 spiro atoms. The highest BCUT2D eigenvalue weighted by Crippen LogP contribution is 2.28. The Morgan fingerprint density at radius 1 is 1.28 bits per heavy atom. The summed E-state index contributed by atoms with van der Waals surface area (Å²) in [5.41, 5.74) is 6.01. The van der Waals surface area contributed by atoms with Crippen LogP contribution in [0.3, 0.4) is 0 Å². The Kier molecular flexibility index (Phi) is 6.05. The average Bonchev–Trinajstić information content (AvgIpc) is 2.33. The van der Waals surface area contributed by atoms with Gasteiger partial charge in [-0.1, -0.05) is 32.6 Å². The van der Waals surface area contributed by atoms with Crippen LogP contribution in [-0.2, 0) is 4.79 Å². The molecule has 0 saturated carbocycles. The Morgan fingerprint density at radius 3 is 2.72 bits per heavy atom. The standard InChI is InChI=1S/C14H21NO3/c1-2-3-4-5-6-7-14(17)18-13-10-11(15)8-9-12(13)16/h8-10,16H,2-7,15H2,1H3. The summed E-state index contributed by atoms with van der Waals surface area (Å²) in [5, 5.41) is 9.49. The number of hydrogen-bond acceptors (Lipinski definition) is 4. The van der Waals surface area contributed by atoms with E-state index in [1.54, 1.807) is 6.07 Å². The number of hydrogen-bond donors (Lipinski definition) is 2. The van der Waals surface area contributed by atoms with Gasteiger partial charge in [0.25, 0.3) is 0 Å². The lowest BCUT2D eigenvalue weighted by Gasteiger charge is -2.07. The number of rotatable bonds is 7. The Labute approximate surface area is 108 Å². The maximum atomic E-state index is 11.5. The van der Waals surface area contributed by atoms with Crippen LogP contribution in [-0.4, -0.2) is 11.1 Å². The molecule has 0 aliphatic carbocycles. The molecule has 0 radical (unpaired) electrons. The van der Waals surface area contributed by atoms with Crippen LogP contribution < -0.4 is 10.5 Å². The third kappa shape index (κ3) is 5.08. The van der Waals surface area contributed by atoms with Gasteiger partial charge in [-0.15, -0.1) is 0 Å². The molecule has 0 aromatic heterocycles. The van der Waals surface area contributed by atoms with Crippen molar-refractivity contribution in [2.45, 2.75) is 45.4 Å². The fraction of sp³-hybridized carbons (Fsp3) is 0.500. The minimum absolute atomic E-state index is 0.0662. The number of anilines is 1. The molecule has 0 aliphatic heterocycles. The number of carbonyl (C=O) groups is 1. The molecular formula is C14H21NO3. The first-order valence-electron chi connectivity index (χ1n) is 6.42. The van der Waals surface area contributed by atoms with E-state index in [2.05, 4.69) is 6.92 Å². The molecule has 0 atom stereocenters. The van der Waals surface area contributed by atoms with E-state index < -0.39 is 0 Å². The fourth-order valence-electron chi connectivity index (χ4n) is 1.66. The molecule has 4 heteroatoms. The summed E-state index contributed by atoms with van der Waals surface area (Å²) >= 11 is 0. The fourth-order valence-corrected chi connectivity index (χ4v) is 1.66. The topological polar surface area (TPSA) is 72.5 Å². The van der Waals surface area contributed by atoms with Crippen LogP contribution in [0, 0.1) is 0 Å². The number of aromatic hydroxyl groups is 1. The third-order valence-corrected chi connectivity index (χ3v) is 2.69. The smallest absolute Gasteiger partial charge is 0.311 e. The van der Waals surface area contributed by atoms with Crippen molar-refractivity contribution < 1.29 is 14.6 Å². The predicted octanol–water partition coefficient (Wildman–Crippen LogP) is 3.24. The van der Waals surface area contributed by atoms with Gasteiger partial charge in [0.15, 0.2) is 11.5 Å². The number of ether oxygens (including phenoxy) is 1. The first-order valence-corrected chi connectivity index (χ1v) is 6.42. The van der Waals surface area contributed by atoms with Gasteiger partial charge in [0, 0.05) is 18.2 Å². The molecule has 0 amide bonds. The van der Waals surface area contributed by atoms with Crippen molar-refractivity contribution in [1.29, 1.82) is 0 Å². The second-order valence-electron chi connectivity index (χ2n) is 4.37. The minimum atomic E-state index is -0.326. The zero-order valence-electron chi connectivity index (χ0n) is 10.8. The van der Waals surface area contributed by atoms with E-state index in [-0.39, 0.29) is 17.5 Å². The van der Waals surface area contributed by atoms with Crippen LogP contribution in [0.4, 0.5) is 5.69 Å². The second-order valence-corrected chi connectivity index (χ2v) is 4.37.